The largest absolute Gasteiger partial charge is 0.478 e. The van der Waals surface area contributed by atoms with Gasteiger partial charge < -0.3 is 4.98 Å². The molecule has 3 radical (unpaired) electrons. The van der Waals surface area contributed by atoms with E-state index in [9.17, 15) is 4.39 Å². The number of H-pyrrole nitrogens is 1. The number of nitrogens with one attached hydrogen (secondary N) is 1. The Labute approximate surface area is 81.0 Å². The van der Waals surface area contributed by atoms with Crippen molar-refractivity contribution < 1.29 is 21.2 Å². The Morgan fingerprint density at radius 2 is 2.17 bits per heavy atom. The number of aromatic amines is 1. The van der Waals surface area contributed by atoms with Crippen LogP contribution in [0.3, 0.4) is 0 Å². The van der Waals surface area contributed by atoms with E-state index in [2.05, 4.69) is 11.2 Å². The molecule has 2 rings (SSSR count). The van der Waals surface area contributed by atoms with Crippen LogP contribution in [0.4, 0.5) is 4.39 Å². The monoisotopic (exact) mass is 203 g/mol. The number of benzene rings is 1. The summed E-state index contributed by atoms with van der Waals surface area (Å²) in [5.74, 6) is -0.384. The zero-order chi connectivity index (χ0) is 7.84. The van der Waals surface area contributed by atoms with Gasteiger partial charge in [-0.25, -0.2) is 4.39 Å². The molecule has 12 heavy (non-hydrogen) atoms. The van der Waals surface area contributed by atoms with Gasteiger partial charge in [0.25, 0.3) is 0 Å². The van der Waals surface area contributed by atoms with Crippen molar-refractivity contribution in [3.8, 4) is 0 Å². The molecule has 0 amide bonds. The first-order chi connectivity index (χ1) is 5.29. The summed E-state index contributed by atoms with van der Waals surface area (Å²) in [6.45, 7) is 0. The Balaban J connectivity index is 0.000000720. The number of halogens is 1. The molecule has 0 spiro atoms. The van der Waals surface area contributed by atoms with Gasteiger partial charge in [-0.15, -0.1) is 23.2 Å². The maximum Gasteiger partial charge on any atom is 0.103 e. The molecule has 0 atom stereocenters. The van der Waals surface area contributed by atoms with Crippen LogP contribution in [0.2, 0.25) is 0 Å². The van der Waals surface area contributed by atoms with Crippen LogP contribution in [0.1, 0.15) is 0 Å². The molecule has 1 nitrogen and oxygen atoms in total. The van der Waals surface area contributed by atoms with E-state index in [1.54, 1.807) is 12.1 Å². The van der Waals surface area contributed by atoms with Crippen LogP contribution in [0.25, 0.3) is 10.9 Å². The molecule has 0 unspecified atom stereocenters. The van der Waals surface area contributed by atoms with Crippen molar-refractivity contribution in [2.75, 3.05) is 0 Å². The molecule has 1 aromatic carbocycles. The summed E-state index contributed by atoms with van der Waals surface area (Å²) in [6.07, 6.45) is 2.73. The van der Waals surface area contributed by atoms with Crippen LogP contribution >= 0.6 is 0 Å². The van der Waals surface area contributed by atoms with Crippen molar-refractivity contribution in [2.24, 2.45) is 0 Å². The molecule has 0 aliphatic rings. The smallest absolute Gasteiger partial charge is 0.103 e. The molecule has 61 valence electrons. The molecule has 4 heteroatoms. The minimum Gasteiger partial charge on any atom is -0.478 e. The van der Waals surface area contributed by atoms with Crippen molar-refractivity contribution in [3.05, 3.63) is 30.2 Å². The van der Waals surface area contributed by atoms with Gasteiger partial charge in [-0.05, 0) is 6.07 Å². The first-order valence-corrected chi connectivity index (χ1v) is 3.22. The fourth-order valence-corrected chi connectivity index (χ4v) is 1.06. The van der Waals surface area contributed by atoms with Gasteiger partial charge in [0, 0.05) is 16.8 Å². The Morgan fingerprint density at radius 3 is 2.92 bits per heavy atom. The molecule has 1 aromatic heterocycles. The summed E-state index contributed by atoms with van der Waals surface area (Å²) in [4.78, 5) is 2.82. The zero-order valence-corrected chi connectivity index (χ0v) is 7.06. The fraction of sp³-hybridized carbons (Fsp3) is 0. The molecule has 2 aromatic rings. The number of rotatable bonds is 0. The Kier molecular flexibility index (Phi) is 2.59. The normalized spacial score (nSPS) is 9.75. The van der Waals surface area contributed by atoms with Crippen LogP contribution in [0, 0.1) is 12.0 Å². The number of fused-ring (bicyclic) bond motifs is 1. The van der Waals surface area contributed by atoms with Crippen LogP contribution in [0.5, 0.6) is 0 Å². The van der Waals surface area contributed by atoms with E-state index in [1.165, 1.54) is 6.07 Å². The van der Waals surface area contributed by atoms with E-state index >= 15 is 0 Å². The van der Waals surface area contributed by atoms with Crippen LogP contribution in [-0.2, 0) is 16.8 Å². The van der Waals surface area contributed by atoms with Gasteiger partial charge >= 0.3 is 0 Å². The summed E-state index contributed by atoms with van der Waals surface area (Å²) in [6, 6.07) is 4.60. The number of hydrogen-bond donors (Lipinski definition) is 1. The van der Waals surface area contributed by atoms with E-state index in [1.807, 2.05) is 0 Å². The average Bonchev–Trinajstić information content (AvgIpc) is 2.45. The van der Waals surface area contributed by atoms with E-state index < -0.39 is 0 Å². The molecule has 0 saturated carbocycles. The van der Waals surface area contributed by atoms with Crippen LogP contribution < -0.4 is 5.46 Å². The maximum atomic E-state index is 12.8. The summed E-state index contributed by atoms with van der Waals surface area (Å²) in [5, 5.41) is 0.685. The topological polar surface area (TPSA) is 15.8 Å². The Morgan fingerprint density at radius 1 is 1.42 bits per heavy atom. The van der Waals surface area contributed by atoms with Gasteiger partial charge in [-0.1, -0.05) is 0 Å². The molecular formula is C8H4BCoFN-. The summed E-state index contributed by atoms with van der Waals surface area (Å²) >= 11 is 0. The Hall–Kier alpha value is -0.739. The quantitative estimate of drug-likeness (QED) is 0.483. The SMILES string of the molecule is [B]c1c(F)ccc2[nH][c-]cc12.[Co]. The van der Waals surface area contributed by atoms with Crippen molar-refractivity contribution in [1.82, 2.24) is 4.98 Å². The standard InChI is InChI=1S/C8H4BFN.Co/c9-8-5-3-4-11-7(5)2-1-6(8)10;/h1-3,11H;/q-1;. The van der Waals surface area contributed by atoms with Crippen molar-refractivity contribution in [2.45, 2.75) is 0 Å². The van der Waals surface area contributed by atoms with E-state index in [0.717, 1.165) is 5.52 Å². The van der Waals surface area contributed by atoms with Crippen LogP contribution in [-0.4, -0.2) is 12.8 Å². The van der Waals surface area contributed by atoms with Gasteiger partial charge in [-0.3, -0.25) is 0 Å². The molecule has 1 heterocycles. The Bertz CT molecular complexity index is 399. The van der Waals surface area contributed by atoms with Crippen molar-refractivity contribution in [1.29, 1.82) is 0 Å². The fourth-order valence-electron chi connectivity index (χ4n) is 1.06. The summed E-state index contributed by atoms with van der Waals surface area (Å²) in [7, 11) is 5.45. The molecule has 0 saturated heterocycles. The predicted molar refractivity (Wildman–Crippen MR) is 42.5 cm³/mol. The molecule has 0 aliphatic carbocycles. The second-order valence-corrected chi connectivity index (χ2v) is 2.34. The number of hydrogen-bond acceptors (Lipinski definition) is 0. The van der Waals surface area contributed by atoms with Crippen LogP contribution in [0.15, 0.2) is 18.2 Å². The maximum absolute atomic E-state index is 12.8. The second-order valence-electron chi connectivity index (χ2n) is 2.34. The summed E-state index contributed by atoms with van der Waals surface area (Å²) in [5.41, 5.74) is 0.990. The first-order valence-electron chi connectivity index (χ1n) is 3.22. The van der Waals surface area contributed by atoms with Gasteiger partial charge in [0.1, 0.15) is 5.82 Å². The van der Waals surface area contributed by atoms with Gasteiger partial charge in [0.05, 0.1) is 7.85 Å². The third-order valence-corrected chi connectivity index (χ3v) is 1.66. The first kappa shape index (κ1) is 9.35. The van der Waals surface area contributed by atoms with E-state index in [4.69, 9.17) is 7.85 Å². The third-order valence-electron chi connectivity index (χ3n) is 1.66. The van der Waals surface area contributed by atoms with Crippen molar-refractivity contribution in [3.63, 3.8) is 0 Å². The van der Waals surface area contributed by atoms with Crippen molar-refractivity contribution >= 4 is 24.2 Å². The van der Waals surface area contributed by atoms with Gasteiger partial charge in [-0.2, -0.15) is 11.5 Å². The third kappa shape index (κ3) is 1.28. The molecule has 0 bridgehead atoms. The molecule has 1 N–H and O–H groups in total. The minimum atomic E-state index is -0.384. The molecule has 0 aliphatic heterocycles. The van der Waals surface area contributed by atoms with E-state index in [0.29, 0.717) is 5.39 Å². The van der Waals surface area contributed by atoms with E-state index in [-0.39, 0.29) is 28.1 Å². The second kappa shape index (κ2) is 3.33. The van der Waals surface area contributed by atoms with Gasteiger partial charge in [0.2, 0.25) is 0 Å². The summed E-state index contributed by atoms with van der Waals surface area (Å²) < 4.78 is 12.8. The predicted octanol–water partition coefficient (Wildman–Crippen LogP) is 0.898. The minimum absolute atomic E-state index is 0. The molecular weight excluding hydrogens is 199 g/mol. The van der Waals surface area contributed by atoms with Gasteiger partial charge in [0.15, 0.2) is 0 Å². The average molecular weight is 203 g/mol. The number of aromatic nitrogens is 1. The zero-order valence-electron chi connectivity index (χ0n) is 6.02. The molecule has 0 fully saturated rings.